The second-order valence-corrected chi connectivity index (χ2v) is 9.15. The van der Waals surface area contributed by atoms with Gasteiger partial charge in [0.1, 0.15) is 0 Å². The van der Waals surface area contributed by atoms with Gasteiger partial charge in [-0.15, -0.1) is 0 Å². The highest BCUT2D eigenvalue weighted by Crippen LogP contribution is 2.24. The first kappa shape index (κ1) is 19.6. The molecule has 0 bridgehead atoms. The predicted octanol–water partition coefficient (Wildman–Crippen LogP) is 3.48. The molecule has 3 rings (SSSR count). The predicted molar refractivity (Wildman–Crippen MR) is 108 cm³/mol. The highest BCUT2D eigenvalue weighted by molar-refractivity contribution is 7.88. The minimum Gasteiger partial charge on any atom is -0.326 e. The number of carbonyl (C=O) groups is 1. The number of carbonyl (C=O) groups excluding carboxylic acids is 1. The lowest BCUT2D eigenvalue weighted by atomic mass is 9.98. The van der Waals surface area contributed by atoms with Crippen molar-refractivity contribution in [2.45, 2.75) is 32.4 Å². The Hall–Kier alpha value is -2.18. The third-order valence-electron chi connectivity index (χ3n) is 5.15. The van der Waals surface area contributed by atoms with Crippen LogP contribution in [0.25, 0.3) is 0 Å². The monoisotopic (exact) mass is 386 g/mol. The molecule has 0 aliphatic carbocycles. The maximum atomic E-state index is 12.9. The summed E-state index contributed by atoms with van der Waals surface area (Å²) in [6.07, 6.45) is 1.40. The molecular weight excluding hydrogens is 360 g/mol. The lowest BCUT2D eigenvalue weighted by Crippen LogP contribution is -2.44. The molecule has 0 unspecified atom stereocenters. The first-order valence-electron chi connectivity index (χ1n) is 9.25. The molecule has 5 nitrogen and oxygen atoms in total. The number of benzene rings is 2. The molecule has 1 heterocycles. The topological polar surface area (TPSA) is 66.5 Å². The van der Waals surface area contributed by atoms with Crippen LogP contribution in [-0.2, 0) is 20.6 Å². The van der Waals surface area contributed by atoms with Crippen molar-refractivity contribution in [2.24, 2.45) is 5.92 Å². The Kier molecular flexibility index (Phi) is 5.97. The van der Waals surface area contributed by atoms with Gasteiger partial charge in [0.25, 0.3) is 0 Å². The van der Waals surface area contributed by atoms with Crippen molar-refractivity contribution in [3.8, 4) is 0 Å². The van der Waals surface area contributed by atoms with E-state index in [-0.39, 0.29) is 24.1 Å². The van der Waals surface area contributed by atoms with Crippen molar-refractivity contribution in [1.29, 1.82) is 0 Å². The fourth-order valence-electron chi connectivity index (χ4n) is 3.42. The lowest BCUT2D eigenvalue weighted by molar-refractivity contribution is -0.120. The number of para-hydroxylation sites is 1. The van der Waals surface area contributed by atoms with E-state index in [0.717, 1.165) is 22.4 Å². The van der Waals surface area contributed by atoms with E-state index in [0.29, 0.717) is 19.4 Å². The molecular formula is C21H26N2O3S. The van der Waals surface area contributed by atoms with Gasteiger partial charge in [0.2, 0.25) is 15.9 Å². The summed E-state index contributed by atoms with van der Waals surface area (Å²) in [6.45, 7) is 4.57. The van der Waals surface area contributed by atoms with E-state index in [4.69, 9.17) is 0 Å². The number of sulfonamides is 1. The molecule has 1 N–H and O–H groups in total. The second-order valence-electron chi connectivity index (χ2n) is 7.18. The van der Waals surface area contributed by atoms with Crippen molar-refractivity contribution in [1.82, 2.24) is 4.31 Å². The average Bonchev–Trinajstić information content (AvgIpc) is 2.65. The average molecular weight is 387 g/mol. The molecule has 1 saturated heterocycles. The Balaban J connectivity index is 1.69. The number of piperidine rings is 1. The van der Waals surface area contributed by atoms with Gasteiger partial charge >= 0.3 is 0 Å². The number of hydrogen-bond donors (Lipinski definition) is 1. The fourth-order valence-corrected chi connectivity index (χ4v) is 5.13. The van der Waals surface area contributed by atoms with Crippen LogP contribution >= 0.6 is 0 Å². The van der Waals surface area contributed by atoms with Crippen LogP contribution in [0.5, 0.6) is 0 Å². The Morgan fingerprint density at radius 1 is 1.07 bits per heavy atom. The third kappa shape index (κ3) is 4.76. The molecule has 144 valence electrons. The first-order valence-corrected chi connectivity index (χ1v) is 10.9. The summed E-state index contributed by atoms with van der Waals surface area (Å²) < 4.78 is 27.2. The van der Waals surface area contributed by atoms with Crippen molar-refractivity contribution in [2.75, 3.05) is 18.4 Å². The Bertz CT molecular complexity index is 925. The molecule has 1 atom stereocenters. The van der Waals surface area contributed by atoms with Gasteiger partial charge in [-0.25, -0.2) is 12.7 Å². The molecule has 6 heteroatoms. The maximum absolute atomic E-state index is 12.9. The van der Waals surface area contributed by atoms with Gasteiger partial charge in [-0.1, -0.05) is 42.5 Å². The number of nitrogens with one attached hydrogen (secondary N) is 1. The Morgan fingerprint density at radius 2 is 1.74 bits per heavy atom. The third-order valence-corrected chi connectivity index (χ3v) is 6.94. The van der Waals surface area contributed by atoms with E-state index in [9.17, 15) is 13.2 Å². The van der Waals surface area contributed by atoms with Crippen LogP contribution < -0.4 is 5.32 Å². The first-order chi connectivity index (χ1) is 12.9. The summed E-state index contributed by atoms with van der Waals surface area (Å²) in [6, 6.07) is 15.1. The second kappa shape index (κ2) is 8.23. The van der Waals surface area contributed by atoms with Crippen molar-refractivity contribution in [3.05, 3.63) is 65.2 Å². The van der Waals surface area contributed by atoms with E-state index in [1.807, 2.05) is 62.4 Å². The van der Waals surface area contributed by atoms with Crippen molar-refractivity contribution < 1.29 is 13.2 Å². The van der Waals surface area contributed by atoms with Gasteiger partial charge in [-0.05, 0) is 49.4 Å². The molecule has 1 aliphatic rings. The zero-order chi connectivity index (χ0) is 19.4. The zero-order valence-electron chi connectivity index (χ0n) is 15.8. The van der Waals surface area contributed by atoms with E-state index in [2.05, 4.69) is 5.32 Å². The zero-order valence-corrected chi connectivity index (χ0v) is 16.6. The molecule has 2 aromatic carbocycles. The Labute approximate surface area is 161 Å². The summed E-state index contributed by atoms with van der Waals surface area (Å²) in [5.41, 5.74) is 3.55. The van der Waals surface area contributed by atoms with Crippen LogP contribution in [0.3, 0.4) is 0 Å². The molecule has 0 aromatic heterocycles. The number of anilines is 1. The summed E-state index contributed by atoms with van der Waals surface area (Å²) in [7, 11) is -3.45. The summed E-state index contributed by atoms with van der Waals surface area (Å²) >= 11 is 0. The van der Waals surface area contributed by atoms with Gasteiger partial charge in [0, 0.05) is 18.8 Å². The SMILES string of the molecule is Cc1ccccc1CS(=O)(=O)N1CCC[C@@H](C(=O)Nc2ccccc2C)C1. The standard InChI is InChI=1S/C21H26N2O3S/c1-16-8-3-5-10-19(16)15-27(25,26)23-13-7-11-18(14-23)21(24)22-20-12-6-4-9-17(20)2/h3-6,8-10,12,18H,7,11,13-15H2,1-2H3,(H,22,24)/t18-/m1/s1. The van der Waals surface area contributed by atoms with Gasteiger partial charge in [0.05, 0.1) is 11.7 Å². The minimum atomic E-state index is -3.45. The minimum absolute atomic E-state index is 0.0220. The molecule has 27 heavy (non-hydrogen) atoms. The van der Waals surface area contributed by atoms with Crippen LogP contribution in [0.15, 0.2) is 48.5 Å². The van der Waals surface area contributed by atoms with Gasteiger partial charge < -0.3 is 5.32 Å². The van der Waals surface area contributed by atoms with E-state index >= 15 is 0 Å². The number of amides is 1. The molecule has 1 amide bonds. The number of hydrogen-bond acceptors (Lipinski definition) is 3. The van der Waals surface area contributed by atoms with E-state index in [1.54, 1.807) is 0 Å². The van der Waals surface area contributed by atoms with Gasteiger partial charge in [0.15, 0.2) is 0 Å². The summed E-state index contributed by atoms with van der Waals surface area (Å²) in [5, 5.41) is 2.95. The van der Waals surface area contributed by atoms with Crippen LogP contribution in [0.2, 0.25) is 0 Å². The normalized spacial score (nSPS) is 18.2. The Morgan fingerprint density at radius 3 is 2.44 bits per heavy atom. The quantitative estimate of drug-likeness (QED) is 0.855. The van der Waals surface area contributed by atoms with Gasteiger partial charge in [-0.2, -0.15) is 0 Å². The smallest absolute Gasteiger partial charge is 0.228 e. The lowest BCUT2D eigenvalue weighted by Gasteiger charge is -2.31. The molecule has 1 aliphatic heterocycles. The van der Waals surface area contributed by atoms with Crippen LogP contribution in [0, 0.1) is 19.8 Å². The highest BCUT2D eigenvalue weighted by Gasteiger charge is 2.32. The number of rotatable bonds is 5. The molecule has 1 fully saturated rings. The number of aryl methyl sites for hydroxylation is 2. The fraction of sp³-hybridized carbons (Fsp3) is 0.381. The van der Waals surface area contributed by atoms with Gasteiger partial charge in [-0.3, -0.25) is 4.79 Å². The van der Waals surface area contributed by atoms with E-state index < -0.39 is 10.0 Å². The van der Waals surface area contributed by atoms with E-state index in [1.165, 1.54) is 4.31 Å². The van der Waals surface area contributed by atoms with Crippen molar-refractivity contribution >= 4 is 21.6 Å². The summed E-state index contributed by atoms with van der Waals surface area (Å²) in [5.74, 6) is -0.462. The largest absolute Gasteiger partial charge is 0.326 e. The molecule has 0 saturated carbocycles. The molecule has 0 radical (unpaired) electrons. The number of nitrogens with zero attached hydrogens (tertiary/aromatic N) is 1. The van der Waals surface area contributed by atoms with Crippen LogP contribution in [-0.4, -0.2) is 31.7 Å². The summed E-state index contributed by atoms with van der Waals surface area (Å²) in [4.78, 5) is 12.7. The molecule has 0 spiro atoms. The highest BCUT2D eigenvalue weighted by atomic mass is 32.2. The van der Waals surface area contributed by atoms with Crippen LogP contribution in [0.1, 0.15) is 29.5 Å². The molecule has 2 aromatic rings. The van der Waals surface area contributed by atoms with Crippen molar-refractivity contribution in [3.63, 3.8) is 0 Å². The van der Waals surface area contributed by atoms with Crippen LogP contribution in [0.4, 0.5) is 5.69 Å². The maximum Gasteiger partial charge on any atom is 0.228 e.